The number of amides is 1. The highest BCUT2D eigenvalue weighted by Crippen LogP contribution is 2.54. The number of hydrogen-bond acceptors (Lipinski definition) is 7. The van der Waals surface area contributed by atoms with Crippen molar-refractivity contribution in [1.82, 2.24) is 4.90 Å². The number of methoxy groups -OCH3 is 1. The van der Waals surface area contributed by atoms with E-state index in [9.17, 15) is 9.59 Å². The van der Waals surface area contributed by atoms with Gasteiger partial charge in [0.2, 0.25) is 12.5 Å². The maximum atomic E-state index is 13.0. The Balaban J connectivity index is 1.35. The van der Waals surface area contributed by atoms with Crippen molar-refractivity contribution in [3.8, 4) is 17.2 Å². The zero-order chi connectivity index (χ0) is 25.0. The van der Waals surface area contributed by atoms with Crippen molar-refractivity contribution in [2.24, 2.45) is 0 Å². The molecule has 184 valence electrons. The van der Waals surface area contributed by atoms with Gasteiger partial charge in [-0.15, -0.1) is 0 Å². The van der Waals surface area contributed by atoms with E-state index in [4.69, 9.17) is 18.9 Å². The predicted octanol–water partition coefficient (Wildman–Crippen LogP) is 4.88. The second kappa shape index (κ2) is 8.83. The highest BCUT2D eigenvalue weighted by molar-refractivity contribution is 9.10. The van der Waals surface area contributed by atoms with Crippen LogP contribution >= 0.6 is 15.9 Å². The van der Waals surface area contributed by atoms with Gasteiger partial charge in [-0.3, -0.25) is 9.69 Å². The Morgan fingerprint density at radius 3 is 2.83 bits per heavy atom. The van der Waals surface area contributed by atoms with Crippen molar-refractivity contribution < 1.29 is 28.5 Å². The molecular formula is C27H23BrN2O6. The number of fused-ring (bicyclic) bond motifs is 3. The van der Waals surface area contributed by atoms with Crippen molar-refractivity contribution in [3.63, 3.8) is 0 Å². The van der Waals surface area contributed by atoms with Crippen LogP contribution in [-0.4, -0.2) is 44.3 Å². The molecule has 0 radical (unpaired) electrons. The summed E-state index contributed by atoms with van der Waals surface area (Å²) in [6, 6.07) is 14.2. The first-order valence-corrected chi connectivity index (χ1v) is 12.4. The Morgan fingerprint density at radius 2 is 2.03 bits per heavy atom. The molecule has 0 fully saturated rings. The van der Waals surface area contributed by atoms with Gasteiger partial charge in [0.05, 0.1) is 18.7 Å². The van der Waals surface area contributed by atoms with E-state index in [0.717, 1.165) is 34.1 Å². The van der Waals surface area contributed by atoms with Crippen LogP contribution in [0.15, 0.2) is 53.0 Å². The van der Waals surface area contributed by atoms with Gasteiger partial charge in [-0.1, -0.05) is 28.1 Å². The highest BCUT2D eigenvalue weighted by Gasteiger charge is 2.44. The van der Waals surface area contributed by atoms with Gasteiger partial charge in [-0.2, -0.15) is 0 Å². The molecule has 1 amide bonds. The smallest absolute Gasteiger partial charge is 0.339 e. The number of likely N-dealkylation sites (N-methyl/N-ethyl adjacent to an activating group) is 1. The molecule has 9 heteroatoms. The summed E-state index contributed by atoms with van der Waals surface area (Å²) in [4.78, 5) is 27.9. The molecule has 0 spiro atoms. The average Bonchev–Trinajstić information content (AvgIpc) is 3.47. The summed E-state index contributed by atoms with van der Waals surface area (Å²) >= 11 is 3.38. The van der Waals surface area contributed by atoms with Gasteiger partial charge in [-0.25, -0.2) is 4.79 Å². The van der Waals surface area contributed by atoms with Gasteiger partial charge >= 0.3 is 5.97 Å². The number of nitrogens with one attached hydrogen (secondary N) is 1. The van der Waals surface area contributed by atoms with Gasteiger partial charge in [0.1, 0.15) is 6.10 Å². The molecule has 3 aromatic carbocycles. The van der Waals surface area contributed by atoms with Gasteiger partial charge in [-0.05, 0) is 55.4 Å². The normalized spacial score (nSPS) is 19.9. The Labute approximate surface area is 216 Å². The zero-order valence-corrected chi connectivity index (χ0v) is 21.3. The molecule has 2 unspecified atom stereocenters. The van der Waals surface area contributed by atoms with Crippen LogP contribution in [-0.2, 0) is 11.2 Å². The average molecular weight is 551 g/mol. The lowest BCUT2D eigenvalue weighted by Gasteiger charge is -2.38. The van der Waals surface area contributed by atoms with E-state index in [0.29, 0.717) is 34.1 Å². The Hall–Kier alpha value is -3.56. The number of esters is 1. The minimum atomic E-state index is -0.541. The second-order valence-electron chi connectivity index (χ2n) is 8.98. The third-order valence-corrected chi connectivity index (χ3v) is 7.39. The molecule has 3 aromatic rings. The van der Waals surface area contributed by atoms with E-state index in [1.807, 2.05) is 25.2 Å². The fourth-order valence-electron chi connectivity index (χ4n) is 5.22. The van der Waals surface area contributed by atoms with E-state index in [1.165, 1.54) is 0 Å². The number of cyclic esters (lactones) is 1. The first-order valence-electron chi connectivity index (χ1n) is 11.6. The van der Waals surface area contributed by atoms with E-state index < -0.39 is 12.1 Å². The SMILES string of the molecule is COc1c2c(cc3c1C(C1OC(=O)c4cc(NC(=O)c5cccc(Br)c5)ccc41)N(C)CC3)OCO2. The van der Waals surface area contributed by atoms with Gasteiger partial charge in [0.25, 0.3) is 5.91 Å². The van der Waals surface area contributed by atoms with Crippen LogP contribution in [0.3, 0.4) is 0 Å². The summed E-state index contributed by atoms with van der Waals surface area (Å²) in [6.45, 7) is 0.926. The molecule has 6 rings (SSSR count). The molecular weight excluding hydrogens is 528 g/mol. The first kappa shape index (κ1) is 22.9. The molecule has 2 atom stereocenters. The Morgan fingerprint density at radius 1 is 1.17 bits per heavy atom. The number of hydrogen-bond donors (Lipinski definition) is 1. The molecule has 0 aliphatic carbocycles. The predicted molar refractivity (Wildman–Crippen MR) is 135 cm³/mol. The Bertz CT molecular complexity index is 1410. The topological polar surface area (TPSA) is 86.3 Å². The number of carbonyl (C=O) groups excluding carboxylic acids is 2. The van der Waals surface area contributed by atoms with Crippen molar-refractivity contribution >= 4 is 33.5 Å². The van der Waals surface area contributed by atoms with Crippen LogP contribution < -0.4 is 19.5 Å². The van der Waals surface area contributed by atoms with Crippen LogP contribution in [0.1, 0.15) is 49.6 Å². The fraction of sp³-hybridized carbons (Fsp3) is 0.259. The van der Waals surface area contributed by atoms with Crippen LogP contribution in [0.5, 0.6) is 17.2 Å². The third kappa shape index (κ3) is 3.70. The lowest BCUT2D eigenvalue weighted by molar-refractivity contribution is 0.00881. The number of benzene rings is 3. The number of ether oxygens (including phenoxy) is 4. The lowest BCUT2D eigenvalue weighted by Crippen LogP contribution is -2.36. The summed E-state index contributed by atoms with van der Waals surface area (Å²) in [6.07, 6.45) is 0.268. The molecule has 0 bridgehead atoms. The number of nitrogens with zero attached hydrogens (tertiary/aromatic N) is 1. The van der Waals surface area contributed by atoms with Gasteiger partial charge in [0.15, 0.2) is 11.5 Å². The highest BCUT2D eigenvalue weighted by atomic mass is 79.9. The molecule has 36 heavy (non-hydrogen) atoms. The molecule has 3 aliphatic rings. The van der Waals surface area contributed by atoms with Crippen molar-refractivity contribution in [1.29, 1.82) is 0 Å². The number of rotatable bonds is 4. The molecule has 0 aromatic heterocycles. The molecule has 0 saturated carbocycles. The Kier molecular flexibility index (Phi) is 5.61. The number of anilines is 1. The zero-order valence-electron chi connectivity index (χ0n) is 19.7. The maximum absolute atomic E-state index is 13.0. The summed E-state index contributed by atoms with van der Waals surface area (Å²) in [5, 5.41) is 2.87. The molecule has 8 nitrogen and oxygen atoms in total. The summed E-state index contributed by atoms with van der Waals surface area (Å²) < 4.78 is 23.9. The minimum absolute atomic E-state index is 0.144. The fourth-order valence-corrected chi connectivity index (χ4v) is 5.62. The monoisotopic (exact) mass is 550 g/mol. The van der Waals surface area contributed by atoms with Crippen molar-refractivity contribution in [2.75, 3.05) is 32.8 Å². The maximum Gasteiger partial charge on any atom is 0.339 e. The van der Waals surface area contributed by atoms with Crippen LogP contribution in [0.4, 0.5) is 5.69 Å². The van der Waals surface area contributed by atoms with Crippen LogP contribution in [0, 0.1) is 0 Å². The van der Waals surface area contributed by atoms with Crippen LogP contribution in [0.2, 0.25) is 0 Å². The van der Waals surface area contributed by atoms with Gasteiger partial charge < -0.3 is 24.3 Å². The first-order chi connectivity index (χ1) is 17.4. The van der Waals surface area contributed by atoms with E-state index in [-0.39, 0.29) is 18.7 Å². The lowest BCUT2D eigenvalue weighted by atomic mass is 9.85. The number of carbonyl (C=O) groups is 2. The largest absolute Gasteiger partial charge is 0.492 e. The third-order valence-electron chi connectivity index (χ3n) is 6.90. The molecule has 3 heterocycles. The van der Waals surface area contributed by atoms with Crippen molar-refractivity contribution in [3.05, 3.63) is 80.8 Å². The van der Waals surface area contributed by atoms with E-state index in [1.54, 1.807) is 37.4 Å². The van der Waals surface area contributed by atoms with Crippen molar-refractivity contribution in [2.45, 2.75) is 18.6 Å². The minimum Gasteiger partial charge on any atom is -0.492 e. The molecule has 1 N–H and O–H groups in total. The quantitative estimate of drug-likeness (QED) is 0.463. The number of halogens is 1. The summed E-state index contributed by atoms with van der Waals surface area (Å²) in [7, 11) is 3.62. The van der Waals surface area contributed by atoms with Crippen LogP contribution in [0.25, 0.3) is 0 Å². The van der Waals surface area contributed by atoms with E-state index >= 15 is 0 Å². The molecule has 0 saturated heterocycles. The second-order valence-corrected chi connectivity index (χ2v) is 9.90. The standard InChI is InChI=1S/C27H23BrN2O6/c1-30-9-8-14-11-20-24(35-13-34-20)25(33-2)21(14)22(30)23-18-7-6-17(12-19(18)27(32)36-23)29-26(31)15-4-3-5-16(28)10-15/h3-7,10-12,22-23H,8-9,13H2,1-2H3,(H,29,31). The van der Waals surface area contributed by atoms with E-state index in [2.05, 4.69) is 26.1 Å². The van der Waals surface area contributed by atoms with Gasteiger partial charge in [0, 0.05) is 33.4 Å². The molecule has 3 aliphatic heterocycles. The summed E-state index contributed by atoms with van der Waals surface area (Å²) in [5.74, 6) is 1.17. The summed E-state index contributed by atoms with van der Waals surface area (Å²) in [5.41, 5.74) is 4.26.